The number of alkyl halides is 5. The molecular weight excluding hydrogens is 446 g/mol. The van der Waals surface area contributed by atoms with Crippen LogP contribution < -0.4 is 10.6 Å². The number of hydrogen-bond acceptors (Lipinski definition) is 3. The standard InChI is InChI=1S/C17H15Cl2F5N2O3/c1-17(24,15(22)23)29-13-8(18)5-7(6-9(13)19)25-16(28)26-14(27)12-10(20)3-2-4-11(12)21/h2-3,5-6,8,11,13,15H,4H2,1H3,(H2,25,26,27,28). The van der Waals surface area contributed by atoms with E-state index in [1.165, 1.54) is 6.08 Å². The average Bonchev–Trinajstić information content (AvgIpc) is 2.57. The van der Waals surface area contributed by atoms with E-state index in [2.05, 4.69) is 10.1 Å². The van der Waals surface area contributed by atoms with Crippen molar-refractivity contribution in [3.05, 3.63) is 46.4 Å². The third-order valence-corrected chi connectivity index (χ3v) is 4.53. The van der Waals surface area contributed by atoms with Crippen LogP contribution in [0, 0.1) is 0 Å². The van der Waals surface area contributed by atoms with Crippen molar-refractivity contribution in [2.24, 2.45) is 0 Å². The Morgan fingerprint density at radius 1 is 1.38 bits per heavy atom. The number of hydrogen-bond donors (Lipinski definition) is 2. The fourth-order valence-electron chi connectivity index (χ4n) is 2.42. The lowest BCUT2D eigenvalue weighted by Crippen LogP contribution is -2.43. The largest absolute Gasteiger partial charge is 0.331 e. The van der Waals surface area contributed by atoms with E-state index < -0.39 is 53.3 Å². The van der Waals surface area contributed by atoms with Crippen molar-refractivity contribution in [2.45, 2.75) is 43.3 Å². The summed E-state index contributed by atoms with van der Waals surface area (Å²) in [6.45, 7) is 0.508. The zero-order valence-electron chi connectivity index (χ0n) is 14.7. The Bertz CT molecular complexity index is 811. The molecule has 4 unspecified atom stereocenters. The Balaban J connectivity index is 2.02. The summed E-state index contributed by atoms with van der Waals surface area (Å²) in [5.41, 5.74) is -0.903. The molecule has 0 saturated heterocycles. The lowest BCUT2D eigenvalue weighted by atomic mass is 10.0. The number of amides is 3. The van der Waals surface area contributed by atoms with E-state index in [4.69, 9.17) is 23.2 Å². The number of nitrogens with one attached hydrogen (secondary N) is 2. The van der Waals surface area contributed by atoms with Gasteiger partial charge in [-0.1, -0.05) is 17.7 Å². The quantitative estimate of drug-likeness (QED) is 0.474. The zero-order valence-corrected chi connectivity index (χ0v) is 16.2. The molecule has 2 aliphatic carbocycles. The zero-order chi connectivity index (χ0) is 21.9. The maximum Gasteiger partial charge on any atom is 0.326 e. The summed E-state index contributed by atoms with van der Waals surface area (Å²) in [5, 5.41) is 2.35. The molecule has 0 bridgehead atoms. The highest BCUT2D eigenvalue weighted by Gasteiger charge is 2.42. The summed E-state index contributed by atoms with van der Waals surface area (Å²) in [4.78, 5) is 23.8. The number of carbonyl (C=O) groups excluding carboxylic acids is 2. The summed E-state index contributed by atoms with van der Waals surface area (Å²) < 4.78 is 70.9. The van der Waals surface area contributed by atoms with Crippen LogP contribution in [0.25, 0.3) is 0 Å². The van der Waals surface area contributed by atoms with Crippen LogP contribution in [0.15, 0.2) is 46.4 Å². The summed E-state index contributed by atoms with van der Waals surface area (Å²) >= 11 is 11.8. The van der Waals surface area contributed by atoms with E-state index >= 15 is 0 Å². The van der Waals surface area contributed by atoms with Gasteiger partial charge in [0.15, 0.2) is 0 Å². The van der Waals surface area contributed by atoms with E-state index in [9.17, 15) is 31.5 Å². The second kappa shape index (κ2) is 9.27. The number of imide groups is 1. The molecule has 0 aromatic carbocycles. The maximum absolute atomic E-state index is 13.7. The minimum Gasteiger partial charge on any atom is -0.331 e. The molecule has 2 N–H and O–H groups in total. The van der Waals surface area contributed by atoms with Crippen LogP contribution in [0.4, 0.5) is 26.7 Å². The Kier molecular flexibility index (Phi) is 7.47. The Hall–Kier alpha value is -1.91. The van der Waals surface area contributed by atoms with Gasteiger partial charge in [0.25, 0.3) is 18.2 Å². The molecule has 0 aliphatic heterocycles. The van der Waals surface area contributed by atoms with Gasteiger partial charge in [-0.05, 0) is 18.2 Å². The normalized spacial score (nSPS) is 26.6. The van der Waals surface area contributed by atoms with Gasteiger partial charge in [0, 0.05) is 19.0 Å². The molecule has 0 heterocycles. The van der Waals surface area contributed by atoms with Gasteiger partial charge in [0.2, 0.25) is 0 Å². The number of rotatable bonds is 5. The lowest BCUT2D eigenvalue weighted by molar-refractivity contribution is -0.224. The van der Waals surface area contributed by atoms with Gasteiger partial charge in [-0.25, -0.2) is 26.7 Å². The van der Waals surface area contributed by atoms with Crippen molar-refractivity contribution in [1.82, 2.24) is 10.6 Å². The van der Waals surface area contributed by atoms with Gasteiger partial charge < -0.3 is 10.1 Å². The lowest BCUT2D eigenvalue weighted by Gasteiger charge is -2.30. The summed E-state index contributed by atoms with van der Waals surface area (Å²) in [7, 11) is 0. The molecule has 0 aromatic rings. The number of carbonyl (C=O) groups is 2. The first-order chi connectivity index (χ1) is 13.4. The first-order valence-corrected chi connectivity index (χ1v) is 8.94. The van der Waals surface area contributed by atoms with Crippen LogP contribution in [0.5, 0.6) is 0 Å². The van der Waals surface area contributed by atoms with Crippen molar-refractivity contribution >= 4 is 35.1 Å². The van der Waals surface area contributed by atoms with Gasteiger partial charge in [0.05, 0.1) is 16.0 Å². The molecule has 12 heteroatoms. The van der Waals surface area contributed by atoms with E-state index in [0.717, 1.165) is 18.2 Å². The minimum atomic E-state index is -3.46. The molecule has 3 amide bonds. The minimum absolute atomic E-state index is 0.0763. The van der Waals surface area contributed by atoms with Crippen LogP contribution in [-0.2, 0) is 9.53 Å². The Morgan fingerprint density at radius 3 is 2.59 bits per heavy atom. The molecule has 0 radical (unpaired) electrons. The molecule has 0 fully saturated rings. The number of urea groups is 1. The summed E-state index contributed by atoms with van der Waals surface area (Å²) in [5.74, 6) is -5.70. The van der Waals surface area contributed by atoms with Crippen LogP contribution in [-0.4, -0.2) is 41.9 Å². The van der Waals surface area contributed by atoms with Crippen LogP contribution >= 0.6 is 23.2 Å². The van der Waals surface area contributed by atoms with Crippen LogP contribution in [0.1, 0.15) is 13.3 Å². The molecular formula is C17H15Cl2F5N2O3. The van der Waals surface area contributed by atoms with Gasteiger partial charge in [-0.15, -0.1) is 11.6 Å². The predicted octanol–water partition coefficient (Wildman–Crippen LogP) is 4.30. The molecule has 4 atom stereocenters. The molecule has 2 aliphatic rings. The fraction of sp³-hybridized carbons (Fsp3) is 0.412. The highest BCUT2D eigenvalue weighted by molar-refractivity contribution is 6.32. The number of ether oxygens (including phenoxy) is 1. The molecule has 0 saturated carbocycles. The molecule has 2 rings (SSSR count). The van der Waals surface area contributed by atoms with Crippen LogP contribution in [0.3, 0.4) is 0 Å². The molecule has 29 heavy (non-hydrogen) atoms. The Morgan fingerprint density at radius 2 is 2.03 bits per heavy atom. The highest BCUT2D eigenvalue weighted by Crippen LogP contribution is 2.33. The molecule has 160 valence electrons. The van der Waals surface area contributed by atoms with Gasteiger partial charge in [-0.3, -0.25) is 10.1 Å². The predicted molar refractivity (Wildman–Crippen MR) is 95.5 cm³/mol. The van der Waals surface area contributed by atoms with Crippen LogP contribution in [0.2, 0.25) is 0 Å². The second-order valence-electron chi connectivity index (χ2n) is 6.20. The topological polar surface area (TPSA) is 67.4 Å². The number of halogens is 7. The van der Waals surface area contributed by atoms with Gasteiger partial charge >= 0.3 is 6.03 Å². The third-order valence-electron chi connectivity index (χ3n) is 3.85. The maximum atomic E-state index is 13.7. The Labute approximate surface area is 172 Å². The van der Waals surface area contributed by atoms with Gasteiger partial charge in [-0.2, -0.15) is 0 Å². The summed E-state index contributed by atoms with van der Waals surface area (Å²) in [6.07, 6.45) is -2.80. The third kappa shape index (κ3) is 5.80. The van der Waals surface area contributed by atoms with E-state index in [1.807, 2.05) is 0 Å². The van der Waals surface area contributed by atoms with E-state index in [-0.39, 0.29) is 17.2 Å². The monoisotopic (exact) mass is 460 g/mol. The van der Waals surface area contributed by atoms with Crippen molar-refractivity contribution in [3.63, 3.8) is 0 Å². The first kappa shape index (κ1) is 23.4. The smallest absolute Gasteiger partial charge is 0.326 e. The van der Waals surface area contributed by atoms with E-state index in [1.54, 1.807) is 5.32 Å². The summed E-state index contributed by atoms with van der Waals surface area (Å²) in [6, 6.07) is -1.16. The average molecular weight is 461 g/mol. The van der Waals surface area contributed by atoms with Crippen molar-refractivity contribution in [1.29, 1.82) is 0 Å². The molecule has 0 spiro atoms. The van der Waals surface area contributed by atoms with E-state index in [0.29, 0.717) is 6.92 Å². The molecule has 5 nitrogen and oxygen atoms in total. The number of allylic oxidation sites excluding steroid dienone is 4. The second-order valence-corrected chi connectivity index (χ2v) is 7.14. The SMILES string of the molecule is CC(F)(OC1C(Cl)=CC(NC(=O)NC(=O)C2=C(F)C=CCC2F)=CC1Cl)C(F)F. The van der Waals surface area contributed by atoms with Crippen molar-refractivity contribution < 1.29 is 36.3 Å². The van der Waals surface area contributed by atoms with Crippen molar-refractivity contribution in [2.75, 3.05) is 0 Å². The van der Waals surface area contributed by atoms with Crippen molar-refractivity contribution in [3.8, 4) is 0 Å². The highest BCUT2D eigenvalue weighted by atomic mass is 35.5. The first-order valence-electron chi connectivity index (χ1n) is 8.13. The fourth-order valence-corrected chi connectivity index (χ4v) is 3.11. The van der Waals surface area contributed by atoms with Gasteiger partial charge in [0.1, 0.15) is 18.1 Å². The molecule has 0 aromatic heterocycles.